The van der Waals surface area contributed by atoms with Gasteiger partial charge in [0.25, 0.3) is 0 Å². The number of nitrogens with zero attached hydrogens (tertiary/aromatic N) is 2. The Morgan fingerprint density at radius 1 is 1.53 bits per heavy atom. The fourth-order valence-electron chi connectivity index (χ4n) is 1.68. The number of hydrogen-bond donors (Lipinski definition) is 1. The minimum Gasteiger partial charge on any atom is -0.374 e. The Morgan fingerprint density at radius 3 is 2.89 bits per heavy atom. The Hall–Kier alpha value is -1.93. The van der Waals surface area contributed by atoms with E-state index in [1.54, 1.807) is 23.5 Å². The molecule has 0 spiro atoms. The summed E-state index contributed by atoms with van der Waals surface area (Å²) in [7, 11) is 0. The highest BCUT2D eigenvalue weighted by Gasteiger charge is 2.12. The van der Waals surface area contributed by atoms with E-state index in [0.29, 0.717) is 11.3 Å². The van der Waals surface area contributed by atoms with Crippen LogP contribution in [0.4, 0.5) is 10.1 Å². The highest BCUT2D eigenvalue weighted by molar-refractivity contribution is 7.11. The molecule has 1 aromatic carbocycles. The maximum absolute atomic E-state index is 13.8. The summed E-state index contributed by atoms with van der Waals surface area (Å²) in [6.45, 7) is 4.02. The van der Waals surface area contributed by atoms with Crippen LogP contribution in [0.3, 0.4) is 0 Å². The molecule has 3 nitrogen and oxygen atoms in total. The molecule has 0 fully saturated rings. The van der Waals surface area contributed by atoms with Crippen molar-refractivity contribution < 1.29 is 4.39 Å². The van der Waals surface area contributed by atoms with Gasteiger partial charge in [-0.2, -0.15) is 5.26 Å². The van der Waals surface area contributed by atoms with Crippen molar-refractivity contribution in [3.63, 3.8) is 0 Å². The van der Waals surface area contributed by atoms with E-state index in [4.69, 9.17) is 5.26 Å². The van der Waals surface area contributed by atoms with Gasteiger partial charge < -0.3 is 5.32 Å². The lowest BCUT2D eigenvalue weighted by atomic mass is 10.2. The highest BCUT2D eigenvalue weighted by atomic mass is 32.1. The molecule has 2 aromatic rings. The number of thiazole rings is 1. The minimum atomic E-state index is -0.418. The number of aromatic nitrogens is 1. The molecule has 1 heterocycles. The maximum Gasteiger partial charge on any atom is 0.147 e. The molecule has 1 unspecified atom stereocenters. The second-order valence-corrected chi connectivity index (χ2v) is 5.34. The number of aryl methyl sites for hydroxylation is 1. The molecule has 0 saturated heterocycles. The number of hydrogen-bond acceptors (Lipinski definition) is 4. The first kappa shape index (κ1) is 13.5. The molecular formula is C14H14FN3S. The van der Waals surface area contributed by atoms with Crippen LogP contribution in [0.2, 0.25) is 0 Å². The Morgan fingerprint density at radius 2 is 2.32 bits per heavy atom. The van der Waals surface area contributed by atoms with Crippen LogP contribution in [0, 0.1) is 17.1 Å². The average Bonchev–Trinajstić information content (AvgIpc) is 2.90. The quantitative estimate of drug-likeness (QED) is 0.921. The van der Waals surface area contributed by atoms with Crippen LogP contribution >= 0.6 is 11.3 Å². The number of nitrogens with one attached hydrogen (secondary N) is 1. The third kappa shape index (κ3) is 3.09. The molecule has 98 valence electrons. The molecule has 5 heteroatoms. The van der Waals surface area contributed by atoms with Gasteiger partial charge in [0.15, 0.2) is 0 Å². The van der Waals surface area contributed by atoms with Gasteiger partial charge in [0.05, 0.1) is 23.4 Å². The highest BCUT2D eigenvalue weighted by Crippen LogP contribution is 2.25. The number of nitriles is 1. The zero-order chi connectivity index (χ0) is 13.8. The molecule has 19 heavy (non-hydrogen) atoms. The van der Waals surface area contributed by atoms with Crippen LogP contribution < -0.4 is 5.32 Å². The van der Waals surface area contributed by atoms with Gasteiger partial charge in [-0.3, -0.25) is 0 Å². The molecule has 1 aromatic heterocycles. The Balaban J connectivity index is 2.14. The number of benzene rings is 1. The van der Waals surface area contributed by atoms with E-state index in [1.165, 1.54) is 10.9 Å². The van der Waals surface area contributed by atoms with Crippen LogP contribution in [0.15, 0.2) is 24.4 Å². The summed E-state index contributed by atoms with van der Waals surface area (Å²) in [6.07, 6.45) is 2.81. The van der Waals surface area contributed by atoms with Gasteiger partial charge in [-0.1, -0.05) is 6.92 Å². The van der Waals surface area contributed by atoms with Crippen molar-refractivity contribution in [2.75, 3.05) is 5.32 Å². The predicted octanol–water partition coefficient (Wildman–Crippen LogP) is 3.89. The van der Waals surface area contributed by atoms with Crippen molar-refractivity contribution in [1.82, 2.24) is 4.98 Å². The lowest BCUT2D eigenvalue weighted by molar-refractivity contribution is 0.627. The molecule has 1 atom stereocenters. The molecular weight excluding hydrogens is 261 g/mol. The van der Waals surface area contributed by atoms with E-state index in [0.717, 1.165) is 11.4 Å². The van der Waals surface area contributed by atoms with Crippen LogP contribution in [-0.2, 0) is 6.42 Å². The third-order valence-corrected chi connectivity index (χ3v) is 4.08. The summed E-state index contributed by atoms with van der Waals surface area (Å²) in [6, 6.07) is 6.26. The summed E-state index contributed by atoms with van der Waals surface area (Å²) in [5, 5.41) is 12.7. The van der Waals surface area contributed by atoms with E-state index in [9.17, 15) is 4.39 Å². The molecule has 0 bridgehead atoms. The Labute approximate surface area is 115 Å². The second-order valence-electron chi connectivity index (χ2n) is 4.19. The van der Waals surface area contributed by atoms with Crippen molar-refractivity contribution in [3.8, 4) is 6.07 Å². The minimum absolute atomic E-state index is 0.0623. The van der Waals surface area contributed by atoms with Crippen molar-refractivity contribution in [2.24, 2.45) is 0 Å². The number of anilines is 1. The van der Waals surface area contributed by atoms with E-state index >= 15 is 0 Å². The molecule has 1 N–H and O–H groups in total. The van der Waals surface area contributed by atoms with Gasteiger partial charge in [0, 0.05) is 11.1 Å². The normalized spacial score (nSPS) is 11.9. The SMILES string of the molecule is CCc1cnc(C(C)Nc2ccc(C#N)cc2F)s1. The summed E-state index contributed by atoms with van der Waals surface area (Å²) in [4.78, 5) is 5.54. The predicted molar refractivity (Wildman–Crippen MR) is 74.6 cm³/mol. The topological polar surface area (TPSA) is 48.7 Å². The average molecular weight is 275 g/mol. The monoisotopic (exact) mass is 275 g/mol. The van der Waals surface area contributed by atoms with Crippen molar-refractivity contribution in [3.05, 3.63) is 45.7 Å². The van der Waals surface area contributed by atoms with Crippen LogP contribution in [0.1, 0.15) is 35.3 Å². The molecule has 0 radical (unpaired) electrons. The fourth-order valence-corrected chi connectivity index (χ4v) is 2.54. The molecule has 0 aliphatic heterocycles. The lowest BCUT2D eigenvalue weighted by Gasteiger charge is -2.13. The van der Waals surface area contributed by atoms with Crippen molar-refractivity contribution in [1.29, 1.82) is 5.26 Å². The van der Waals surface area contributed by atoms with Crippen LogP contribution in [-0.4, -0.2) is 4.98 Å². The number of halogens is 1. The van der Waals surface area contributed by atoms with Gasteiger partial charge in [-0.05, 0) is 31.5 Å². The first-order valence-corrected chi connectivity index (χ1v) is 6.86. The molecule has 0 saturated carbocycles. The largest absolute Gasteiger partial charge is 0.374 e. The first-order chi connectivity index (χ1) is 9.13. The first-order valence-electron chi connectivity index (χ1n) is 6.04. The summed E-state index contributed by atoms with van der Waals surface area (Å²) >= 11 is 1.63. The second kappa shape index (κ2) is 5.81. The molecule has 0 amide bonds. The summed E-state index contributed by atoms with van der Waals surface area (Å²) < 4.78 is 13.8. The summed E-state index contributed by atoms with van der Waals surface area (Å²) in [5.74, 6) is -0.418. The molecule has 0 aliphatic rings. The number of rotatable bonds is 4. The molecule has 2 rings (SSSR count). The Bertz CT molecular complexity index is 615. The van der Waals surface area contributed by atoms with Crippen LogP contribution in [0.5, 0.6) is 0 Å². The van der Waals surface area contributed by atoms with E-state index in [-0.39, 0.29) is 6.04 Å². The van der Waals surface area contributed by atoms with E-state index < -0.39 is 5.82 Å². The van der Waals surface area contributed by atoms with Crippen LogP contribution in [0.25, 0.3) is 0 Å². The van der Waals surface area contributed by atoms with Gasteiger partial charge >= 0.3 is 0 Å². The Kier molecular flexibility index (Phi) is 4.13. The molecule has 0 aliphatic carbocycles. The lowest BCUT2D eigenvalue weighted by Crippen LogP contribution is -2.07. The standard InChI is InChI=1S/C14H14FN3S/c1-3-11-8-17-14(19-11)9(2)18-13-5-4-10(7-16)6-12(13)15/h4-6,8-9,18H,3H2,1-2H3. The van der Waals surface area contributed by atoms with Crippen molar-refractivity contribution in [2.45, 2.75) is 26.3 Å². The third-order valence-electron chi connectivity index (χ3n) is 2.76. The smallest absolute Gasteiger partial charge is 0.147 e. The zero-order valence-electron chi connectivity index (χ0n) is 10.8. The summed E-state index contributed by atoms with van der Waals surface area (Å²) in [5.41, 5.74) is 0.706. The van der Waals surface area contributed by atoms with Gasteiger partial charge in [0.1, 0.15) is 10.8 Å². The van der Waals surface area contributed by atoms with E-state index in [1.807, 2.05) is 19.2 Å². The van der Waals surface area contributed by atoms with Gasteiger partial charge in [-0.25, -0.2) is 9.37 Å². The fraction of sp³-hybridized carbons (Fsp3) is 0.286. The zero-order valence-corrected chi connectivity index (χ0v) is 11.6. The van der Waals surface area contributed by atoms with Gasteiger partial charge in [-0.15, -0.1) is 11.3 Å². The maximum atomic E-state index is 13.8. The van der Waals surface area contributed by atoms with Gasteiger partial charge in [0.2, 0.25) is 0 Å². The van der Waals surface area contributed by atoms with Crippen molar-refractivity contribution >= 4 is 17.0 Å². The van der Waals surface area contributed by atoms with E-state index in [2.05, 4.69) is 17.2 Å².